The zero-order valence-electron chi connectivity index (χ0n) is 20.8. The number of benzene rings is 3. The molecular weight excluding hydrogens is 458 g/mol. The Morgan fingerprint density at radius 1 is 0.917 bits per heavy atom. The number of nitrogens with one attached hydrogen (secondary N) is 1. The van der Waals surface area contributed by atoms with Crippen LogP contribution in [0.1, 0.15) is 23.6 Å². The normalized spacial score (nSPS) is 12.8. The van der Waals surface area contributed by atoms with Crippen molar-refractivity contribution >= 4 is 6.09 Å². The zero-order chi connectivity index (χ0) is 26.0. The minimum absolute atomic E-state index is 0.00614. The summed E-state index contributed by atoms with van der Waals surface area (Å²) in [6.45, 7) is 5.19. The van der Waals surface area contributed by atoms with Crippen LogP contribution >= 0.6 is 0 Å². The highest BCUT2D eigenvalue weighted by Gasteiger charge is 2.39. The minimum atomic E-state index is -1.07. The molecule has 0 radical (unpaired) electrons. The van der Waals surface area contributed by atoms with Crippen LogP contribution in [0.2, 0.25) is 0 Å². The molecule has 0 bridgehead atoms. The molecule has 2 atom stereocenters. The molecule has 0 aliphatic rings. The highest BCUT2D eigenvalue weighted by atomic mass is 16.5. The molecule has 1 amide bonds. The second kappa shape index (κ2) is 12.8. The average molecular weight is 492 g/mol. The molecule has 0 saturated carbocycles. The quantitative estimate of drug-likeness (QED) is 0.283. The maximum Gasteiger partial charge on any atom is 0.407 e. The molecule has 190 valence electrons. The standard InChI is InChI=1S/C29H33NO6/c1-5-19-35-28(32)30-27(21(2)31)20-36-29(22-9-7-6-8-10-22,23-11-15-25(33-3)16-12-23)24-13-17-26(34-4)18-14-24/h5-18,21,27,31H,1,19-20H2,2-4H3,(H,30,32)/t21-,27-/m0/s1. The summed E-state index contributed by atoms with van der Waals surface area (Å²) in [5, 5.41) is 13.1. The highest BCUT2D eigenvalue weighted by molar-refractivity contribution is 5.67. The van der Waals surface area contributed by atoms with E-state index >= 15 is 0 Å². The van der Waals surface area contributed by atoms with E-state index in [1.54, 1.807) is 21.1 Å². The molecule has 0 fully saturated rings. The number of rotatable bonds is 12. The molecule has 0 aliphatic carbocycles. The van der Waals surface area contributed by atoms with Crippen LogP contribution in [0.5, 0.6) is 11.5 Å². The van der Waals surface area contributed by atoms with Gasteiger partial charge < -0.3 is 29.4 Å². The number of amides is 1. The lowest BCUT2D eigenvalue weighted by Gasteiger charge is -2.37. The largest absolute Gasteiger partial charge is 0.497 e. The van der Waals surface area contributed by atoms with E-state index in [0.29, 0.717) is 11.5 Å². The minimum Gasteiger partial charge on any atom is -0.497 e. The van der Waals surface area contributed by atoms with Crippen LogP contribution in [-0.4, -0.2) is 50.8 Å². The second-order valence-electron chi connectivity index (χ2n) is 8.19. The van der Waals surface area contributed by atoms with Crippen molar-refractivity contribution in [3.8, 4) is 11.5 Å². The Labute approximate surface area is 212 Å². The SMILES string of the molecule is C=CCOC(=O)N[C@@H](COC(c1ccccc1)(c1ccc(OC)cc1)c1ccc(OC)cc1)[C@H](C)O. The number of carbonyl (C=O) groups excluding carboxylic acids is 1. The molecule has 36 heavy (non-hydrogen) atoms. The molecule has 3 aromatic rings. The predicted octanol–water partition coefficient (Wildman–Crippen LogP) is 4.67. The van der Waals surface area contributed by atoms with E-state index < -0.39 is 23.8 Å². The number of aliphatic hydroxyl groups excluding tert-OH is 1. The Morgan fingerprint density at radius 2 is 1.42 bits per heavy atom. The Balaban J connectivity index is 2.10. The molecule has 2 N–H and O–H groups in total. The summed E-state index contributed by atoms with van der Waals surface area (Å²) < 4.78 is 22.5. The van der Waals surface area contributed by atoms with Gasteiger partial charge in [0, 0.05) is 0 Å². The lowest BCUT2D eigenvalue weighted by Crippen LogP contribution is -2.48. The summed E-state index contributed by atoms with van der Waals surface area (Å²) in [6, 6.07) is 24.3. The molecule has 7 heteroatoms. The van der Waals surface area contributed by atoms with E-state index in [0.717, 1.165) is 16.7 Å². The summed E-state index contributed by atoms with van der Waals surface area (Å²) in [5.74, 6) is 1.42. The van der Waals surface area contributed by atoms with Gasteiger partial charge in [0.25, 0.3) is 0 Å². The van der Waals surface area contributed by atoms with E-state index in [4.69, 9.17) is 18.9 Å². The van der Waals surface area contributed by atoms with E-state index in [9.17, 15) is 9.90 Å². The first kappa shape index (κ1) is 26.8. The summed E-state index contributed by atoms with van der Waals surface area (Å²) in [7, 11) is 3.23. The summed E-state index contributed by atoms with van der Waals surface area (Å²) in [4.78, 5) is 12.2. The predicted molar refractivity (Wildman–Crippen MR) is 138 cm³/mol. The molecule has 0 saturated heterocycles. The molecule has 0 heterocycles. The van der Waals surface area contributed by atoms with E-state index in [1.807, 2.05) is 78.9 Å². The fourth-order valence-corrected chi connectivity index (χ4v) is 3.92. The molecule has 0 spiro atoms. The van der Waals surface area contributed by atoms with Crippen molar-refractivity contribution in [2.45, 2.75) is 24.7 Å². The fraction of sp³-hybridized carbons (Fsp3) is 0.276. The molecule has 0 aromatic heterocycles. The number of carbonyl (C=O) groups is 1. The van der Waals surface area contributed by atoms with Crippen molar-refractivity contribution in [1.29, 1.82) is 0 Å². The van der Waals surface area contributed by atoms with Gasteiger partial charge >= 0.3 is 6.09 Å². The van der Waals surface area contributed by atoms with Crippen LogP contribution in [0.15, 0.2) is 91.5 Å². The van der Waals surface area contributed by atoms with E-state index in [-0.39, 0.29) is 13.2 Å². The number of ether oxygens (including phenoxy) is 4. The fourth-order valence-electron chi connectivity index (χ4n) is 3.92. The molecule has 3 aromatic carbocycles. The Bertz CT molecular complexity index is 1050. The zero-order valence-corrected chi connectivity index (χ0v) is 20.8. The van der Waals surface area contributed by atoms with Gasteiger partial charge in [-0.05, 0) is 47.9 Å². The lowest BCUT2D eigenvalue weighted by atomic mass is 9.80. The van der Waals surface area contributed by atoms with Gasteiger partial charge in [0.05, 0.1) is 33.0 Å². The van der Waals surface area contributed by atoms with Crippen molar-refractivity contribution in [3.63, 3.8) is 0 Å². The van der Waals surface area contributed by atoms with Crippen LogP contribution < -0.4 is 14.8 Å². The van der Waals surface area contributed by atoms with Crippen molar-refractivity contribution in [1.82, 2.24) is 5.32 Å². The van der Waals surface area contributed by atoms with Crippen LogP contribution in [0.4, 0.5) is 4.79 Å². The smallest absolute Gasteiger partial charge is 0.407 e. The second-order valence-corrected chi connectivity index (χ2v) is 8.19. The molecule has 0 unspecified atom stereocenters. The van der Waals surface area contributed by atoms with Gasteiger partial charge in [-0.25, -0.2) is 4.79 Å². The number of methoxy groups -OCH3 is 2. The molecule has 7 nitrogen and oxygen atoms in total. The van der Waals surface area contributed by atoms with Gasteiger partial charge in [0.2, 0.25) is 0 Å². The first-order valence-corrected chi connectivity index (χ1v) is 11.7. The van der Waals surface area contributed by atoms with Gasteiger partial charge in [0.1, 0.15) is 23.7 Å². The van der Waals surface area contributed by atoms with Crippen LogP contribution in [-0.2, 0) is 15.1 Å². The Kier molecular flexibility index (Phi) is 9.50. The molecule has 3 rings (SSSR count). The first-order valence-electron chi connectivity index (χ1n) is 11.7. The van der Waals surface area contributed by atoms with Crippen molar-refractivity contribution in [2.24, 2.45) is 0 Å². The average Bonchev–Trinajstić information content (AvgIpc) is 2.92. The maximum absolute atomic E-state index is 12.2. The maximum atomic E-state index is 12.2. The van der Waals surface area contributed by atoms with Gasteiger partial charge in [-0.15, -0.1) is 0 Å². The van der Waals surface area contributed by atoms with Gasteiger partial charge in [-0.3, -0.25) is 0 Å². The van der Waals surface area contributed by atoms with Crippen molar-refractivity contribution in [3.05, 3.63) is 108 Å². The van der Waals surface area contributed by atoms with Crippen molar-refractivity contribution < 1.29 is 28.8 Å². The third kappa shape index (κ3) is 6.24. The van der Waals surface area contributed by atoms with E-state index in [1.165, 1.54) is 6.08 Å². The highest BCUT2D eigenvalue weighted by Crippen LogP contribution is 2.41. The number of hydrogen-bond acceptors (Lipinski definition) is 6. The summed E-state index contributed by atoms with van der Waals surface area (Å²) in [5.41, 5.74) is 1.50. The van der Waals surface area contributed by atoms with Crippen LogP contribution in [0.3, 0.4) is 0 Å². The Hall–Kier alpha value is -3.81. The van der Waals surface area contributed by atoms with Gasteiger partial charge in [-0.2, -0.15) is 0 Å². The summed E-state index contributed by atoms with van der Waals surface area (Å²) in [6.07, 6.45) is -0.0913. The third-order valence-corrected chi connectivity index (χ3v) is 5.87. The number of hydrogen-bond donors (Lipinski definition) is 2. The third-order valence-electron chi connectivity index (χ3n) is 5.87. The van der Waals surface area contributed by atoms with Crippen molar-refractivity contribution in [2.75, 3.05) is 27.4 Å². The molecule has 0 aliphatic heterocycles. The summed E-state index contributed by atoms with van der Waals surface area (Å²) >= 11 is 0. The molecular formula is C29H33NO6. The van der Waals surface area contributed by atoms with Gasteiger partial charge in [-0.1, -0.05) is 67.3 Å². The topological polar surface area (TPSA) is 86.3 Å². The van der Waals surface area contributed by atoms with E-state index in [2.05, 4.69) is 11.9 Å². The van der Waals surface area contributed by atoms with Gasteiger partial charge in [0.15, 0.2) is 0 Å². The van der Waals surface area contributed by atoms with Crippen LogP contribution in [0, 0.1) is 0 Å². The Morgan fingerprint density at radius 3 is 1.86 bits per heavy atom. The first-order chi connectivity index (χ1) is 17.4. The lowest BCUT2D eigenvalue weighted by molar-refractivity contribution is -0.0204. The van der Waals surface area contributed by atoms with Crippen LogP contribution in [0.25, 0.3) is 0 Å². The number of alkyl carbamates (subject to hydrolysis) is 1. The number of aliphatic hydroxyl groups is 1. The monoisotopic (exact) mass is 491 g/mol.